The second-order valence-corrected chi connectivity index (χ2v) is 4.41. The van der Waals surface area contributed by atoms with Crippen LogP contribution in [0, 0.1) is 11.3 Å². The summed E-state index contributed by atoms with van der Waals surface area (Å²) in [7, 11) is 0. The Bertz CT molecular complexity index is 428. The summed E-state index contributed by atoms with van der Waals surface area (Å²) in [6.45, 7) is 0.500. The Hall–Kier alpha value is -1.05. The number of carbonyl (C=O) groups excluding carboxylic acids is 1. The van der Waals surface area contributed by atoms with E-state index in [1.165, 1.54) is 0 Å². The molecular formula is C11H10BrClN2O. The Labute approximate surface area is 108 Å². The molecule has 3 nitrogen and oxygen atoms in total. The highest BCUT2D eigenvalue weighted by atomic mass is 79.9. The van der Waals surface area contributed by atoms with Crippen LogP contribution in [0.5, 0.6) is 0 Å². The summed E-state index contributed by atoms with van der Waals surface area (Å²) in [4.78, 5) is 11.6. The number of halogens is 2. The Morgan fingerprint density at radius 2 is 2.31 bits per heavy atom. The van der Waals surface area contributed by atoms with E-state index in [0.29, 0.717) is 30.0 Å². The van der Waals surface area contributed by atoms with Gasteiger partial charge in [0, 0.05) is 23.0 Å². The predicted octanol–water partition coefficient (Wildman–Crippen LogP) is 3.14. The number of nitrogens with one attached hydrogen (secondary N) is 1. The zero-order valence-corrected chi connectivity index (χ0v) is 10.8. The monoisotopic (exact) mass is 300 g/mol. The number of benzene rings is 1. The fraction of sp³-hybridized carbons (Fsp3) is 0.273. The summed E-state index contributed by atoms with van der Waals surface area (Å²) in [5.74, 6) is -0.174. The maximum atomic E-state index is 11.6. The van der Waals surface area contributed by atoms with Crippen LogP contribution in [0.2, 0.25) is 5.02 Å². The fourth-order valence-corrected chi connectivity index (χ4v) is 1.54. The van der Waals surface area contributed by atoms with Crippen molar-refractivity contribution in [1.29, 1.82) is 5.26 Å². The molecule has 0 aliphatic rings. The van der Waals surface area contributed by atoms with Gasteiger partial charge in [-0.25, -0.2) is 0 Å². The quantitative estimate of drug-likeness (QED) is 0.869. The highest BCUT2D eigenvalue weighted by Crippen LogP contribution is 2.23. The van der Waals surface area contributed by atoms with E-state index >= 15 is 0 Å². The number of carbonyl (C=O) groups is 1. The van der Waals surface area contributed by atoms with Crippen LogP contribution in [0.15, 0.2) is 22.7 Å². The Balaban J connectivity index is 2.53. The molecule has 84 valence electrons. The number of nitriles is 1. The first-order chi connectivity index (χ1) is 7.65. The van der Waals surface area contributed by atoms with Gasteiger partial charge in [-0.1, -0.05) is 11.6 Å². The summed E-state index contributed by atoms with van der Waals surface area (Å²) in [5, 5.41) is 11.6. The number of rotatable bonds is 4. The van der Waals surface area contributed by atoms with Gasteiger partial charge in [0.25, 0.3) is 5.91 Å². The van der Waals surface area contributed by atoms with Gasteiger partial charge in [-0.15, -0.1) is 0 Å². The van der Waals surface area contributed by atoms with Crippen LogP contribution in [0.4, 0.5) is 0 Å². The van der Waals surface area contributed by atoms with Gasteiger partial charge in [-0.05, 0) is 40.5 Å². The summed E-state index contributed by atoms with van der Waals surface area (Å²) < 4.78 is 0.759. The number of nitrogens with zero attached hydrogens (tertiary/aromatic N) is 1. The zero-order valence-electron chi connectivity index (χ0n) is 8.46. The van der Waals surface area contributed by atoms with Crippen LogP contribution in [0.1, 0.15) is 23.2 Å². The van der Waals surface area contributed by atoms with Gasteiger partial charge < -0.3 is 5.32 Å². The van der Waals surface area contributed by atoms with Crippen molar-refractivity contribution in [1.82, 2.24) is 5.32 Å². The highest BCUT2D eigenvalue weighted by Gasteiger charge is 2.06. The molecule has 5 heteroatoms. The standard InChI is InChI=1S/C11H10BrClN2O/c12-9-4-3-8(7-10(9)13)11(16)15-6-2-1-5-14/h3-4,7H,1-2,6H2,(H,15,16). The summed E-state index contributed by atoms with van der Waals surface area (Å²) in [6, 6.07) is 7.04. The molecule has 0 unspecified atom stereocenters. The average molecular weight is 302 g/mol. The van der Waals surface area contributed by atoms with Crippen LogP contribution >= 0.6 is 27.5 Å². The van der Waals surface area contributed by atoms with Crippen molar-refractivity contribution in [2.24, 2.45) is 0 Å². The van der Waals surface area contributed by atoms with Crippen LogP contribution in [0.25, 0.3) is 0 Å². The third-order valence-corrected chi connectivity index (χ3v) is 3.17. The molecule has 0 saturated carbocycles. The van der Waals surface area contributed by atoms with Gasteiger partial charge in [0.1, 0.15) is 0 Å². The van der Waals surface area contributed by atoms with Gasteiger partial charge in [0.2, 0.25) is 0 Å². The van der Waals surface area contributed by atoms with E-state index in [-0.39, 0.29) is 5.91 Å². The minimum absolute atomic E-state index is 0.174. The van der Waals surface area contributed by atoms with Crippen molar-refractivity contribution in [2.45, 2.75) is 12.8 Å². The molecule has 1 N–H and O–H groups in total. The maximum Gasteiger partial charge on any atom is 0.251 e. The SMILES string of the molecule is N#CCCCNC(=O)c1ccc(Br)c(Cl)c1. The number of hydrogen-bond donors (Lipinski definition) is 1. The van der Waals surface area contributed by atoms with Crippen LogP contribution < -0.4 is 5.32 Å². The Morgan fingerprint density at radius 1 is 1.56 bits per heavy atom. The minimum Gasteiger partial charge on any atom is -0.352 e. The molecule has 1 aromatic carbocycles. The molecule has 0 aliphatic heterocycles. The minimum atomic E-state index is -0.174. The van der Waals surface area contributed by atoms with Gasteiger partial charge in [0.15, 0.2) is 0 Å². The Morgan fingerprint density at radius 3 is 2.94 bits per heavy atom. The molecule has 1 rings (SSSR count). The van der Waals surface area contributed by atoms with Crippen LogP contribution in [-0.4, -0.2) is 12.5 Å². The molecule has 0 bridgehead atoms. The smallest absolute Gasteiger partial charge is 0.251 e. The lowest BCUT2D eigenvalue weighted by Crippen LogP contribution is -2.24. The third kappa shape index (κ3) is 3.84. The van der Waals surface area contributed by atoms with Crippen molar-refractivity contribution in [3.05, 3.63) is 33.3 Å². The summed E-state index contributed by atoms with van der Waals surface area (Å²) in [5.41, 5.74) is 0.519. The highest BCUT2D eigenvalue weighted by molar-refractivity contribution is 9.10. The lowest BCUT2D eigenvalue weighted by molar-refractivity contribution is 0.0953. The number of hydrogen-bond acceptors (Lipinski definition) is 2. The van der Waals surface area contributed by atoms with E-state index in [1.54, 1.807) is 18.2 Å². The van der Waals surface area contributed by atoms with Crippen molar-refractivity contribution >= 4 is 33.4 Å². The van der Waals surface area contributed by atoms with Gasteiger partial charge in [-0.2, -0.15) is 5.26 Å². The van der Waals surface area contributed by atoms with E-state index in [4.69, 9.17) is 16.9 Å². The van der Waals surface area contributed by atoms with Crippen LogP contribution in [-0.2, 0) is 0 Å². The number of unbranched alkanes of at least 4 members (excludes halogenated alkanes) is 1. The second kappa shape index (κ2) is 6.51. The van der Waals surface area contributed by atoms with Crippen molar-refractivity contribution in [3.8, 4) is 6.07 Å². The molecule has 0 fully saturated rings. The summed E-state index contributed by atoms with van der Waals surface area (Å²) in [6.07, 6.45) is 1.11. The first kappa shape index (κ1) is 13.0. The van der Waals surface area contributed by atoms with E-state index in [0.717, 1.165) is 4.47 Å². The fourth-order valence-electron chi connectivity index (χ4n) is 1.11. The zero-order chi connectivity index (χ0) is 12.0. The largest absolute Gasteiger partial charge is 0.352 e. The molecular weight excluding hydrogens is 291 g/mol. The lowest BCUT2D eigenvalue weighted by Gasteiger charge is -2.04. The molecule has 0 heterocycles. The number of amides is 1. The van der Waals surface area contributed by atoms with Crippen molar-refractivity contribution < 1.29 is 4.79 Å². The molecule has 0 aromatic heterocycles. The summed E-state index contributed by atoms with van der Waals surface area (Å²) >= 11 is 9.12. The Kier molecular flexibility index (Phi) is 5.30. The maximum absolute atomic E-state index is 11.6. The second-order valence-electron chi connectivity index (χ2n) is 3.15. The van der Waals surface area contributed by atoms with Crippen molar-refractivity contribution in [3.63, 3.8) is 0 Å². The van der Waals surface area contributed by atoms with E-state index in [1.807, 2.05) is 6.07 Å². The predicted molar refractivity (Wildman–Crippen MR) is 66.3 cm³/mol. The molecule has 0 saturated heterocycles. The van der Waals surface area contributed by atoms with E-state index in [9.17, 15) is 4.79 Å². The van der Waals surface area contributed by atoms with Gasteiger partial charge in [0.05, 0.1) is 11.1 Å². The van der Waals surface area contributed by atoms with E-state index < -0.39 is 0 Å². The normalized spacial score (nSPS) is 9.56. The lowest BCUT2D eigenvalue weighted by atomic mass is 10.2. The molecule has 1 amide bonds. The molecule has 0 aliphatic carbocycles. The van der Waals surface area contributed by atoms with Gasteiger partial charge >= 0.3 is 0 Å². The molecule has 0 atom stereocenters. The molecule has 0 spiro atoms. The first-order valence-corrected chi connectivity index (χ1v) is 5.92. The average Bonchev–Trinajstić information content (AvgIpc) is 2.28. The van der Waals surface area contributed by atoms with Gasteiger partial charge in [-0.3, -0.25) is 4.79 Å². The molecule has 16 heavy (non-hydrogen) atoms. The third-order valence-electron chi connectivity index (χ3n) is 1.93. The first-order valence-electron chi connectivity index (χ1n) is 4.75. The topological polar surface area (TPSA) is 52.9 Å². The van der Waals surface area contributed by atoms with E-state index in [2.05, 4.69) is 21.2 Å². The molecule has 1 aromatic rings. The van der Waals surface area contributed by atoms with Crippen molar-refractivity contribution in [2.75, 3.05) is 6.54 Å². The molecule has 0 radical (unpaired) electrons. The van der Waals surface area contributed by atoms with Crippen LogP contribution in [0.3, 0.4) is 0 Å².